The molecule has 0 aliphatic carbocycles. The molecule has 6 heterocycles. The lowest BCUT2D eigenvalue weighted by atomic mass is 10.1. The second-order valence-electron chi connectivity index (χ2n) is 6.64. The van der Waals surface area contributed by atoms with Gasteiger partial charge in [0.05, 0.1) is 34.8 Å². The van der Waals surface area contributed by atoms with E-state index in [4.69, 9.17) is 9.97 Å². The Kier molecular flexibility index (Phi) is 3.57. The summed E-state index contributed by atoms with van der Waals surface area (Å²) in [5.41, 5.74) is 6.77. The zero-order valence-corrected chi connectivity index (χ0v) is 15.5. The van der Waals surface area contributed by atoms with Crippen LogP contribution >= 0.6 is 0 Å². The van der Waals surface area contributed by atoms with Gasteiger partial charge < -0.3 is 4.98 Å². The van der Waals surface area contributed by atoms with Crippen LogP contribution in [0, 0.1) is 0 Å². The maximum absolute atomic E-state index is 4.80. The van der Waals surface area contributed by atoms with E-state index in [1.165, 1.54) is 0 Å². The summed E-state index contributed by atoms with van der Waals surface area (Å²) in [4.78, 5) is 30.1. The summed E-state index contributed by atoms with van der Waals surface area (Å²) in [5, 5.41) is 7.46. The van der Waals surface area contributed by atoms with Gasteiger partial charge >= 0.3 is 0 Å². The summed E-state index contributed by atoms with van der Waals surface area (Å²) in [5.74, 6) is 0.602. The number of pyridine rings is 3. The van der Waals surface area contributed by atoms with Gasteiger partial charge in [0.1, 0.15) is 16.7 Å². The fraction of sp³-hybridized carbons (Fsp3) is 0. The van der Waals surface area contributed by atoms with Crippen molar-refractivity contribution in [1.29, 1.82) is 0 Å². The number of fused-ring (bicyclic) bond motifs is 2. The van der Waals surface area contributed by atoms with Crippen LogP contribution < -0.4 is 0 Å². The predicted octanol–water partition coefficient (Wildman–Crippen LogP) is 3.42. The van der Waals surface area contributed by atoms with E-state index in [0.29, 0.717) is 28.4 Å². The minimum atomic E-state index is 0.602. The summed E-state index contributed by atoms with van der Waals surface area (Å²) in [6.45, 7) is 0. The molecule has 0 aliphatic rings. The summed E-state index contributed by atoms with van der Waals surface area (Å²) in [7, 11) is 0. The highest BCUT2D eigenvalue weighted by Crippen LogP contribution is 2.30. The van der Waals surface area contributed by atoms with Crippen molar-refractivity contribution in [3.8, 4) is 34.2 Å². The number of hydrogen-bond donors (Lipinski definition) is 2. The van der Waals surface area contributed by atoms with Crippen molar-refractivity contribution in [3.05, 3.63) is 67.5 Å². The van der Waals surface area contributed by atoms with Crippen LogP contribution in [0.5, 0.6) is 0 Å². The molecule has 0 unspecified atom stereocenters. The Bertz CT molecular complexity index is 1490. The van der Waals surface area contributed by atoms with Crippen molar-refractivity contribution in [2.75, 3.05) is 0 Å². The number of imidazole rings is 1. The lowest BCUT2D eigenvalue weighted by molar-refractivity contribution is 1.10. The van der Waals surface area contributed by atoms with Crippen LogP contribution in [0.15, 0.2) is 67.5 Å². The number of hydrogen-bond acceptors (Lipinski definition) is 7. The highest BCUT2D eigenvalue weighted by atomic mass is 15.2. The molecule has 0 aromatic carbocycles. The molecule has 0 bridgehead atoms. The van der Waals surface area contributed by atoms with Gasteiger partial charge in [-0.15, -0.1) is 0 Å². The number of nitrogens with one attached hydrogen (secondary N) is 2. The molecule has 0 saturated heterocycles. The average molecular weight is 391 g/mol. The monoisotopic (exact) mass is 391 g/mol. The van der Waals surface area contributed by atoms with Gasteiger partial charge in [-0.1, -0.05) is 6.07 Å². The summed E-state index contributed by atoms with van der Waals surface area (Å²) in [6, 6.07) is 9.56. The molecule has 142 valence electrons. The fourth-order valence-corrected chi connectivity index (χ4v) is 3.39. The van der Waals surface area contributed by atoms with E-state index in [-0.39, 0.29) is 0 Å². The van der Waals surface area contributed by atoms with E-state index in [1.54, 1.807) is 37.2 Å². The fourth-order valence-electron chi connectivity index (χ4n) is 3.39. The standard InChI is InChI=1S/C21H13N9/c1-2-6-24-13(3-1)12-9-23-11-17-18(12)28-21(27-17)20-19-15(29-30-20)5-4-14(26-19)16-10-22-7-8-25-16/h1-11H,(H,27,28)(H,29,30). The summed E-state index contributed by atoms with van der Waals surface area (Å²) >= 11 is 0. The van der Waals surface area contributed by atoms with Crippen LogP contribution in [0.3, 0.4) is 0 Å². The molecular weight excluding hydrogens is 378 g/mol. The van der Waals surface area contributed by atoms with E-state index in [2.05, 4.69) is 35.1 Å². The van der Waals surface area contributed by atoms with Crippen molar-refractivity contribution >= 4 is 22.1 Å². The minimum absolute atomic E-state index is 0.602. The molecule has 0 fully saturated rings. The van der Waals surface area contributed by atoms with Crippen molar-refractivity contribution in [2.24, 2.45) is 0 Å². The van der Waals surface area contributed by atoms with Crippen LogP contribution in [0.25, 0.3) is 56.2 Å². The van der Waals surface area contributed by atoms with Gasteiger partial charge in [-0.3, -0.25) is 25.0 Å². The maximum atomic E-state index is 4.80. The Labute approximate surface area is 169 Å². The third kappa shape index (κ3) is 2.60. The Hall–Kier alpha value is -4.53. The quantitative estimate of drug-likeness (QED) is 0.474. The summed E-state index contributed by atoms with van der Waals surface area (Å²) in [6.07, 6.45) is 10.2. The molecule has 0 amide bonds. The van der Waals surface area contributed by atoms with Gasteiger partial charge in [-0.25, -0.2) is 9.97 Å². The summed E-state index contributed by atoms with van der Waals surface area (Å²) < 4.78 is 0. The van der Waals surface area contributed by atoms with Gasteiger partial charge in [0.25, 0.3) is 0 Å². The second kappa shape index (κ2) is 6.52. The van der Waals surface area contributed by atoms with Crippen LogP contribution in [-0.4, -0.2) is 45.1 Å². The van der Waals surface area contributed by atoms with E-state index < -0.39 is 0 Å². The zero-order valence-electron chi connectivity index (χ0n) is 15.5. The first-order chi connectivity index (χ1) is 14.9. The van der Waals surface area contributed by atoms with Gasteiger partial charge in [0.2, 0.25) is 0 Å². The van der Waals surface area contributed by atoms with Gasteiger partial charge in [0.15, 0.2) is 11.5 Å². The molecule has 6 rings (SSSR count). The molecule has 6 aromatic rings. The molecule has 0 aliphatic heterocycles. The Morgan fingerprint density at radius 2 is 1.63 bits per heavy atom. The maximum Gasteiger partial charge on any atom is 0.161 e. The van der Waals surface area contributed by atoms with Crippen LogP contribution in [-0.2, 0) is 0 Å². The highest BCUT2D eigenvalue weighted by molar-refractivity contribution is 5.95. The topological polar surface area (TPSA) is 122 Å². The Morgan fingerprint density at radius 3 is 2.50 bits per heavy atom. The zero-order chi connectivity index (χ0) is 19.9. The van der Waals surface area contributed by atoms with Crippen LogP contribution in [0.1, 0.15) is 0 Å². The molecule has 0 saturated carbocycles. The lowest BCUT2D eigenvalue weighted by Gasteiger charge is -2.00. The molecule has 30 heavy (non-hydrogen) atoms. The first-order valence-electron chi connectivity index (χ1n) is 9.24. The normalized spacial score (nSPS) is 11.3. The van der Waals surface area contributed by atoms with Crippen molar-refractivity contribution in [2.45, 2.75) is 0 Å². The van der Waals surface area contributed by atoms with Crippen LogP contribution in [0.4, 0.5) is 0 Å². The second-order valence-corrected chi connectivity index (χ2v) is 6.64. The first-order valence-corrected chi connectivity index (χ1v) is 9.24. The molecule has 0 radical (unpaired) electrons. The minimum Gasteiger partial charge on any atom is -0.335 e. The highest BCUT2D eigenvalue weighted by Gasteiger charge is 2.17. The Morgan fingerprint density at radius 1 is 0.667 bits per heavy atom. The third-order valence-corrected chi connectivity index (χ3v) is 4.79. The SMILES string of the molecule is c1ccc(-c2cncc3[nH]c(-c4n[nH]c5ccc(-c6cnccn6)nc45)nc23)nc1. The van der Waals surface area contributed by atoms with E-state index >= 15 is 0 Å². The number of aromatic amines is 2. The number of nitrogens with zero attached hydrogens (tertiary/aromatic N) is 7. The van der Waals surface area contributed by atoms with Gasteiger partial charge in [-0.2, -0.15) is 5.10 Å². The largest absolute Gasteiger partial charge is 0.335 e. The molecule has 9 heteroatoms. The number of rotatable bonds is 3. The lowest BCUT2D eigenvalue weighted by Crippen LogP contribution is -1.89. The average Bonchev–Trinajstić information content (AvgIpc) is 3.43. The third-order valence-electron chi connectivity index (χ3n) is 4.79. The van der Waals surface area contributed by atoms with Gasteiger partial charge in [-0.05, 0) is 24.3 Å². The molecule has 2 N–H and O–H groups in total. The van der Waals surface area contributed by atoms with E-state index in [1.807, 2.05) is 30.3 Å². The molecule has 0 spiro atoms. The van der Waals surface area contributed by atoms with E-state index in [0.717, 1.165) is 27.8 Å². The first kappa shape index (κ1) is 16.4. The number of H-pyrrole nitrogens is 2. The van der Waals surface area contributed by atoms with Crippen molar-refractivity contribution < 1.29 is 0 Å². The van der Waals surface area contributed by atoms with Gasteiger partial charge in [0, 0.05) is 30.4 Å². The molecule has 0 atom stereocenters. The molecule has 9 nitrogen and oxygen atoms in total. The molecular formula is C21H13N9. The van der Waals surface area contributed by atoms with Crippen molar-refractivity contribution in [1.82, 2.24) is 45.1 Å². The van der Waals surface area contributed by atoms with E-state index in [9.17, 15) is 0 Å². The Balaban J connectivity index is 1.52. The smallest absolute Gasteiger partial charge is 0.161 e. The molecule has 6 aromatic heterocycles. The van der Waals surface area contributed by atoms with Crippen LogP contribution in [0.2, 0.25) is 0 Å². The number of aromatic nitrogens is 9. The predicted molar refractivity (Wildman–Crippen MR) is 111 cm³/mol. The van der Waals surface area contributed by atoms with Crippen molar-refractivity contribution in [3.63, 3.8) is 0 Å².